The number of fused-ring (bicyclic) bond motifs is 2. The second kappa shape index (κ2) is 5.75. The molecule has 0 unspecified atom stereocenters. The summed E-state index contributed by atoms with van der Waals surface area (Å²) < 4.78 is 2.13. The molecule has 7 nitrogen and oxygen atoms in total. The highest BCUT2D eigenvalue weighted by Crippen LogP contribution is 2.47. The van der Waals surface area contributed by atoms with Gasteiger partial charge in [-0.2, -0.15) is 0 Å². The number of thioether (sulfide) groups is 1. The van der Waals surface area contributed by atoms with Crippen molar-refractivity contribution in [2.24, 2.45) is 0 Å². The second-order valence-corrected chi connectivity index (χ2v) is 8.51. The Morgan fingerprint density at radius 3 is 3.04 bits per heavy atom. The number of amides is 2. The Kier molecular flexibility index (Phi) is 3.82. The van der Waals surface area contributed by atoms with Crippen LogP contribution in [0.15, 0.2) is 0 Å². The standard InChI is InChI=1S/C16H23N5O2S/c1-3-12-18-19-13-5-4-10(8-20(12)13)17-15(23)11-9-24-16(2)7-6-14(22)21(11)16/h10-11H,3-9H2,1-2H3,(H,17,23)/t10-,11-,16-/m1/s1. The summed E-state index contributed by atoms with van der Waals surface area (Å²) >= 11 is 1.73. The lowest BCUT2D eigenvalue weighted by molar-refractivity contribution is -0.138. The number of carbonyl (C=O) groups is 2. The predicted octanol–water partition coefficient (Wildman–Crippen LogP) is 0.726. The van der Waals surface area contributed by atoms with Crippen molar-refractivity contribution in [3.8, 4) is 0 Å². The van der Waals surface area contributed by atoms with Crippen molar-refractivity contribution in [1.82, 2.24) is 25.0 Å². The molecule has 1 aromatic rings. The third kappa shape index (κ3) is 2.42. The Morgan fingerprint density at radius 1 is 1.42 bits per heavy atom. The number of rotatable bonds is 3. The zero-order valence-corrected chi connectivity index (χ0v) is 14.9. The fourth-order valence-electron chi connectivity index (χ4n) is 4.07. The average Bonchev–Trinajstić information content (AvgIpc) is 3.21. The van der Waals surface area contributed by atoms with Crippen LogP contribution in [0.5, 0.6) is 0 Å². The molecule has 0 radical (unpaired) electrons. The molecule has 4 rings (SSSR count). The number of aryl methyl sites for hydroxylation is 2. The lowest BCUT2D eigenvalue weighted by Crippen LogP contribution is -2.53. The van der Waals surface area contributed by atoms with Gasteiger partial charge in [0.15, 0.2) is 0 Å². The van der Waals surface area contributed by atoms with E-state index in [0.717, 1.165) is 43.9 Å². The summed E-state index contributed by atoms with van der Waals surface area (Å²) in [5.74, 6) is 2.78. The van der Waals surface area contributed by atoms with Crippen LogP contribution in [0.25, 0.3) is 0 Å². The molecule has 3 aliphatic rings. The molecule has 1 N–H and O–H groups in total. The maximum Gasteiger partial charge on any atom is 0.243 e. The van der Waals surface area contributed by atoms with Crippen molar-refractivity contribution in [2.75, 3.05) is 5.75 Å². The van der Waals surface area contributed by atoms with E-state index in [4.69, 9.17) is 0 Å². The molecule has 0 spiro atoms. The largest absolute Gasteiger partial charge is 0.350 e. The molecule has 8 heteroatoms. The van der Waals surface area contributed by atoms with Gasteiger partial charge in [0.25, 0.3) is 0 Å². The summed E-state index contributed by atoms with van der Waals surface area (Å²) in [6, 6.07) is -0.246. The fourth-order valence-corrected chi connectivity index (χ4v) is 5.51. The molecule has 4 heterocycles. The molecule has 2 saturated heterocycles. The predicted molar refractivity (Wildman–Crippen MR) is 90.4 cm³/mol. The monoisotopic (exact) mass is 349 g/mol. The van der Waals surface area contributed by atoms with Crippen LogP contribution < -0.4 is 5.32 Å². The molecular formula is C16H23N5O2S. The fraction of sp³-hybridized carbons (Fsp3) is 0.750. The molecular weight excluding hydrogens is 326 g/mol. The van der Waals surface area contributed by atoms with Gasteiger partial charge in [-0.15, -0.1) is 22.0 Å². The Hall–Kier alpha value is -1.57. The minimum atomic E-state index is -0.331. The van der Waals surface area contributed by atoms with Gasteiger partial charge in [-0.1, -0.05) is 6.92 Å². The summed E-state index contributed by atoms with van der Waals surface area (Å²) in [6.07, 6.45) is 3.94. The SMILES string of the molecule is CCc1nnc2n1C[C@H](NC(=O)[C@H]1CS[C@]3(C)CCC(=O)N13)CC2. The summed E-state index contributed by atoms with van der Waals surface area (Å²) in [6.45, 7) is 4.87. The number of nitrogens with zero attached hydrogens (tertiary/aromatic N) is 4. The van der Waals surface area contributed by atoms with E-state index in [-0.39, 0.29) is 28.8 Å². The van der Waals surface area contributed by atoms with Gasteiger partial charge < -0.3 is 14.8 Å². The summed E-state index contributed by atoms with van der Waals surface area (Å²) in [5.41, 5.74) is 0. The van der Waals surface area contributed by atoms with Gasteiger partial charge in [-0.25, -0.2) is 0 Å². The molecule has 0 aliphatic carbocycles. The van der Waals surface area contributed by atoms with Crippen molar-refractivity contribution in [2.45, 2.75) is 69.5 Å². The Morgan fingerprint density at radius 2 is 2.25 bits per heavy atom. The molecule has 0 bridgehead atoms. The summed E-state index contributed by atoms with van der Waals surface area (Å²) in [4.78, 5) is 26.6. The van der Waals surface area contributed by atoms with Crippen LogP contribution >= 0.6 is 11.8 Å². The van der Waals surface area contributed by atoms with Crippen LogP contribution in [0, 0.1) is 0 Å². The van der Waals surface area contributed by atoms with E-state index in [9.17, 15) is 9.59 Å². The normalized spacial score (nSPS) is 31.9. The minimum absolute atomic E-state index is 0.0129. The minimum Gasteiger partial charge on any atom is -0.350 e. The van der Waals surface area contributed by atoms with Crippen LogP contribution in [0.1, 0.15) is 44.8 Å². The van der Waals surface area contributed by atoms with E-state index in [1.165, 1.54) is 0 Å². The van der Waals surface area contributed by atoms with E-state index in [0.29, 0.717) is 12.2 Å². The van der Waals surface area contributed by atoms with Crippen LogP contribution in [-0.2, 0) is 29.0 Å². The van der Waals surface area contributed by atoms with Gasteiger partial charge in [0.1, 0.15) is 17.7 Å². The molecule has 2 fully saturated rings. The molecule has 3 aliphatic heterocycles. The second-order valence-electron chi connectivity index (χ2n) is 7.01. The Bertz CT molecular complexity index is 677. The summed E-state index contributed by atoms with van der Waals surface area (Å²) in [7, 11) is 0. The highest BCUT2D eigenvalue weighted by molar-refractivity contribution is 8.01. The van der Waals surface area contributed by atoms with E-state index in [2.05, 4.69) is 33.9 Å². The molecule has 2 amide bonds. The van der Waals surface area contributed by atoms with Crippen molar-refractivity contribution >= 4 is 23.6 Å². The van der Waals surface area contributed by atoms with Gasteiger partial charge in [0, 0.05) is 37.6 Å². The van der Waals surface area contributed by atoms with E-state index in [1.807, 2.05) is 4.90 Å². The molecule has 0 saturated carbocycles. The van der Waals surface area contributed by atoms with E-state index in [1.54, 1.807) is 11.8 Å². The number of aromatic nitrogens is 3. The van der Waals surface area contributed by atoms with Gasteiger partial charge in [0.05, 0.1) is 4.87 Å². The third-order valence-corrected chi connectivity index (χ3v) is 6.94. The Labute approximate surface area is 145 Å². The quantitative estimate of drug-likeness (QED) is 0.870. The molecule has 130 valence electrons. The van der Waals surface area contributed by atoms with Gasteiger partial charge in [-0.05, 0) is 19.8 Å². The molecule has 1 aromatic heterocycles. The average molecular weight is 349 g/mol. The number of hydrogen-bond acceptors (Lipinski definition) is 5. The van der Waals surface area contributed by atoms with Crippen molar-refractivity contribution < 1.29 is 9.59 Å². The first kappa shape index (κ1) is 15.9. The lowest BCUT2D eigenvalue weighted by atomic mass is 10.1. The van der Waals surface area contributed by atoms with Gasteiger partial charge in [0.2, 0.25) is 11.8 Å². The maximum absolute atomic E-state index is 12.8. The van der Waals surface area contributed by atoms with Crippen molar-refractivity contribution in [3.63, 3.8) is 0 Å². The van der Waals surface area contributed by atoms with Crippen LogP contribution in [0.4, 0.5) is 0 Å². The highest BCUT2D eigenvalue weighted by Gasteiger charge is 2.53. The molecule has 3 atom stereocenters. The smallest absolute Gasteiger partial charge is 0.243 e. The van der Waals surface area contributed by atoms with Gasteiger partial charge in [-0.3, -0.25) is 9.59 Å². The summed E-state index contributed by atoms with van der Waals surface area (Å²) in [5, 5.41) is 11.6. The van der Waals surface area contributed by atoms with Crippen LogP contribution in [-0.4, -0.2) is 54.2 Å². The first-order chi connectivity index (χ1) is 11.5. The number of carbonyl (C=O) groups excluding carboxylic acids is 2. The van der Waals surface area contributed by atoms with Crippen LogP contribution in [0.2, 0.25) is 0 Å². The molecule has 24 heavy (non-hydrogen) atoms. The number of hydrogen-bond donors (Lipinski definition) is 1. The third-order valence-electron chi connectivity index (χ3n) is 5.43. The highest BCUT2D eigenvalue weighted by atomic mass is 32.2. The van der Waals surface area contributed by atoms with Crippen molar-refractivity contribution in [3.05, 3.63) is 11.6 Å². The van der Waals surface area contributed by atoms with Gasteiger partial charge >= 0.3 is 0 Å². The molecule has 0 aromatic carbocycles. The van der Waals surface area contributed by atoms with Crippen molar-refractivity contribution in [1.29, 1.82) is 0 Å². The van der Waals surface area contributed by atoms with E-state index < -0.39 is 0 Å². The Balaban J connectivity index is 1.45. The first-order valence-corrected chi connectivity index (χ1v) is 9.68. The van der Waals surface area contributed by atoms with E-state index >= 15 is 0 Å². The topological polar surface area (TPSA) is 80.1 Å². The zero-order valence-electron chi connectivity index (χ0n) is 14.1. The lowest BCUT2D eigenvalue weighted by Gasteiger charge is -2.31. The maximum atomic E-state index is 12.8. The first-order valence-electron chi connectivity index (χ1n) is 8.69. The zero-order chi connectivity index (χ0) is 16.9. The van der Waals surface area contributed by atoms with Crippen LogP contribution in [0.3, 0.4) is 0 Å². The number of nitrogens with one attached hydrogen (secondary N) is 1.